The van der Waals surface area contributed by atoms with Crippen molar-refractivity contribution in [2.75, 3.05) is 12.9 Å². The van der Waals surface area contributed by atoms with Gasteiger partial charge in [-0.25, -0.2) is 0 Å². The molecule has 0 aliphatic heterocycles. The Bertz CT molecular complexity index is 865. The number of carboxylic acid groups (broad SMARTS) is 1. The van der Waals surface area contributed by atoms with Crippen LogP contribution in [-0.4, -0.2) is 38.7 Å². The van der Waals surface area contributed by atoms with Crippen molar-refractivity contribution in [1.29, 1.82) is 0 Å². The number of ether oxygens (including phenoxy) is 1. The van der Waals surface area contributed by atoms with Crippen LogP contribution >= 0.6 is 11.8 Å². The molecular weight excluding hydrogens is 338 g/mol. The fraction of sp³-hybridized carbons (Fsp3) is 0.167. The molecule has 0 amide bonds. The molecule has 128 valence electrons. The van der Waals surface area contributed by atoms with Crippen molar-refractivity contribution in [3.63, 3.8) is 0 Å². The van der Waals surface area contributed by atoms with E-state index in [1.165, 1.54) is 0 Å². The Balaban J connectivity index is 2.04. The lowest BCUT2D eigenvalue weighted by molar-refractivity contribution is -0.133. The molecule has 3 aromatic rings. The van der Waals surface area contributed by atoms with E-state index in [1.54, 1.807) is 7.11 Å². The van der Waals surface area contributed by atoms with Crippen LogP contribution in [0, 0.1) is 0 Å². The molecule has 1 heterocycles. The number of methoxy groups -OCH3 is 1. The molecule has 0 bridgehead atoms. The molecule has 6 nitrogen and oxygen atoms in total. The lowest BCUT2D eigenvalue weighted by Crippen LogP contribution is -2.06. The highest BCUT2D eigenvalue weighted by Gasteiger charge is 2.18. The summed E-state index contributed by atoms with van der Waals surface area (Å²) in [5, 5.41) is 18.0. The maximum Gasteiger partial charge on any atom is 0.313 e. The standard InChI is InChI=1S/C18H17N3O3S/c1-24-15-10-6-5-9-14(15)17-19-20-18(25-12-16(22)23)21(17)11-13-7-3-2-4-8-13/h2-10H,11-12H2,1H3,(H,22,23). The second-order valence-electron chi connectivity index (χ2n) is 5.26. The summed E-state index contributed by atoms with van der Waals surface area (Å²) in [6.45, 7) is 0.545. The summed E-state index contributed by atoms with van der Waals surface area (Å²) in [6, 6.07) is 17.5. The number of para-hydroxylation sites is 1. The van der Waals surface area contributed by atoms with E-state index in [2.05, 4.69) is 10.2 Å². The van der Waals surface area contributed by atoms with Gasteiger partial charge < -0.3 is 9.84 Å². The molecule has 7 heteroatoms. The molecule has 0 aliphatic carbocycles. The molecule has 2 aromatic carbocycles. The van der Waals surface area contributed by atoms with Crippen LogP contribution < -0.4 is 4.74 Å². The van der Waals surface area contributed by atoms with Crippen molar-refractivity contribution in [2.45, 2.75) is 11.7 Å². The predicted molar refractivity (Wildman–Crippen MR) is 95.9 cm³/mol. The Morgan fingerprint density at radius 1 is 1.12 bits per heavy atom. The number of rotatable bonds is 7. The van der Waals surface area contributed by atoms with Gasteiger partial charge in [0.05, 0.1) is 25.0 Å². The molecule has 3 rings (SSSR count). The van der Waals surface area contributed by atoms with Crippen LogP contribution in [0.5, 0.6) is 5.75 Å². The molecule has 25 heavy (non-hydrogen) atoms. The number of aliphatic carboxylic acids is 1. The van der Waals surface area contributed by atoms with Crippen molar-refractivity contribution in [3.05, 3.63) is 60.2 Å². The second kappa shape index (κ2) is 7.85. The van der Waals surface area contributed by atoms with Gasteiger partial charge >= 0.3 is 5.97 Å². The molecule has 1 N–H and O–H groups in total. The lowest BCUT2D eigenvalue weighted by Gasteiger charge is -2.12. The third-order valence-corrected chi connectivity index (χ3v) is 4.52. The number of aromatic nitrogens is 3. The quantitative estimate of drug-likeness (QED) is 0.656. The normalized spacial score (nSPS) is 10.6. The van der Waals surface area contributed by atoms with Crippen molar-refractivity contribution in [1.82, 2.24) is 14.8 Å². The molecule has 0 saturated heterocycles. The van der Waals surface area contributed by atoms with Gasteiger partial charge in [0.2, 0.25) is 0 Å². The minimum absolute atomic E-state index is 0.0706. The Labute approximate surface area is 149 Å². The first kappa shape index (κ1) is 17.0. The third kappa shape index (κ3) is 4.00. The Morgan fingerprint density at radius 3 is 2.56 bits per heavy atom. The number of hydrogen-bond acceptors (Lipinski definition) is 5. The first-order valence-corrected chi connectivity index (χ1v) is 8.62. The summed E-state index contributed by atoms with van der Waals surface area (Å²) in [5.74, 6) is 0.380. The average molecular weight is 355 g/mol. The van der Waals surface area contributed by atoms with Crippen molar-refractivity contribution in [2.24, 2.45) is 0 Å². The molecule has 0 aliphatic rings. The Kier molecular flexibility index (Phi) is 5.35. The van der Waals surface area contributed by atoms with Crippen LogP contribution in [0.3, 0.4) is 0 Å². The van der Waals surface area contributed by atoms with E-state index < -0.39 is 5.97 Å². The van der Waals surface area contributed by atoms with E-state index in [0.29, 0.717) is 23.3 Å². The summed E-state index contributed by atoms with van der Waals surface area (Å²) >= 11 is 1.15. The van der Waals surface area contributed by atoms with E-state index in [1.807, 2.05) is 59.2 Å². The SMILES string of the molecule is COc1ccccc1-c1nnc(SCC(=O)O)n1Cc1ccccc1. The average Bonchev–Trinajstić information content (AvgIpc) is 3.03. The number of thioether (sulfide) groups is 1. The molecule has 0 atom stereocenters. The summed E-state index contributed by atoms with van der Waals surface area (Å²) < 4.78 is 7.35. The van der Waals surface area contributed by atoms with Gasteiger partial charge in [0.15, 0.2) is 11.0 Å². The van der Waals surface area contributed by atoms with Gasteiger partial charge in [-0.15, -0.1) is 10.2 Å². The van der Waals surface area contributed by atoms with Gasteiger partial charge in [-0.2, -0.15) is 0 Å². The minimum Gasteiger partial charge on any atom is -0.496 e. The zero-order valence-corrected chi connectivity index (χ0v) is 14.4. The first-order valence-electron chi connectivity index (χ1n) is 7.64. The van der Waals surface area contributed by atoms with Gasteiger partial charge in [0.25, 0.3) is 0 Å². The summed E-state index contributed by atoms with van der Waals surface area (Å²) in [7, 11) is 1.61. The fourth-order valence-electron chi connectivity index (χ4n) is 2.46. The highest BCUT2D eigenvalue weighted by atomic mass is 32.2. The number of nitrogens with zero attached hydrogens (tertiary/aromatic N) is 3. The summed E-state index contributed by atoms with van der Waals surface area (Å²) in [5.41, 5.74) is 1.89. The largest absolute Gasteiger partial charge is 0.496 e. The molecule has 0 unspecified atom stereocenters. The van der Waals surface area contributed by atoms with E-state index in [0.717, 1.165) is 22.9 Å². The molecule has 0 radical (unpaired) electrons. The van der Waals surface area contributed by atoms with Gasteiger partial charge in [-0.05, 0) is 17.7 Å². The zero-order valence-electron chi connectivity index (χ0n) is 13.6. The first-order chi connectivity index (χ1) is 12.2. The van der Waals surface area contributed by atoms with E-state index in [-0.39, 0.29) is 5.75 Å². The predicted octanol–water partition coefficient (Wildman–Crippen LogP) is 3.18. The number of benzene rings is 2. The topological polar surface area (TPSA) is 77.2 Å². The summed E-state index contributed by atoms with van der Waals surface area (Å²) in [6.07, 6.45) is 0. The summed E-state index contributed by atoms with van der Waals surface area (Å²) in [4.78, 5) is 10.9. The van der Waals surface area contributed by atoms with Crippen LogP contribution in [0.15, 0.2) is 59.8 Å². The lowest BCUT2D eigenvalue weighted by atomic mass is 10.1. The molecular formula is C18H17N3O3S. The minimum atomic E-state index is -0.891. The van der Waals surface area contributed by atoms with Crippen molar-refractivity contribution < 1.29 is 14.6 Å². The van der Waals surface area contributed by atoms with Crippen molar-refractivity contribution >= 4 is 17.7 Å². The fourth-order valence-corrected chi connectivity index (χ4v) is 3.12. The third-order valence-electron chi connectivity index (χ3n) is 3.57. The van der Waals surface area contributed by atoms with Gasteiger partial charge in [-0.3, -0.25) is 9.36 Å². The van der Waals surface area contributed by atoms with E-state index in [4.69, 9.17) is 9.84 Å². The van der Waals surface area contributed by atoms with E-state index >= 15 is 0 Å². The van der Waals surface area contributed by atoms with E-state index in [9.17, 15) is 4.79 Å². The maximum atomic E-state index is 10.9. The number of carboxylic acids is 1. The maximum absolute atomic E-state index is 10.9. The molecule has 0 fully saturated rings. The Morgan fingerprint density at radius 2 is 1.84 bits per heavy atom. The monoisotopic (exact) mass is 355 g/mol. The zero-order chi connectivity index (χ0) is 17.6. The number of hydrogen-bond donors (Lipinski definition) is 1. The molecule has 0 spiro atoms. The van der Waals surface area contributed by atoms with Crippen LogP contribution in [-0.2, 0) is 11.3 Å². The van der Waals surface area contributed by atoms with Crippen molar-refractivity contribution in [3.8, 4) is 17.1 Å². The Hall–Kier alpha value is -2.80. The van der Waals surface area contributed by atoms with Crippen LogP contribution in [0.2, 0.25) is 0 Å². The molecule has 0 saturated carbocycles. The van der Waals surface area contributed by atoms with Gasteiger partial charge in [-0.1, -0.05) is 54.2 Å². The van der Waals surface area contributed by atoms with Gasteiger partial charge in [0, 0.05) is 0 Å². The van der Waals surface area contributed by atoms with Crippen LogP contribution in [0.25, 0.3) is 11.4 Å². The number of carbonyl (C=O) groups is 1. The van der Waals surface area contributed by atoms with Gasteiger partial charge in [0.1, 0.15) is 5.75 Å². The van der Waals surface area contributed by atoms with Crippen LogP contribution in [0.1, 0.15) is 5.56 Å². The highest BCUT2D eigenvalue weighted by molar-refractivity contribution is 7.99. The highest BCUT2D eigenvalue weighted by Crippen LogP contribution is 2.31. The second-order valence-corrected chi connectivity index (χ2v) is 6.20. The molecule has 1 aromatic heterocycles. The van der Waals surface area contributed by atoms with Crippen LogP contribution in [0.4, 0.5) is 0 Å². The smallest absolute Gasteiger partial charge is 0.313 e.